The number of hydrogen-bond donors (Lipinski definition) is 2. The van der Waals surface area contributed by atoms with Gasteiger partial charge in [0.15, 0.2) is 5.65 Å². The van der Waals surface area contributed by atoms with Crippen LogP contribution < -0.4 is 5.73 Å². The highest BCUT2D eigenvalue weighted by Crippen LogP contribution is 2.20. The molecule has 0 saturated carbocycles. The highest BCUT2D eigenvalue weighted by molar-refractivity contribution is 5.79. The maximum absolute atomic E-state index is 14.1. The average molecular weight is 343 g/mol. The summed E-state index contributed by atoms with van der Waals surface area (Å²) in [7, 11) is 0. The van der Waals surface area contributed by atoms with Crippen LogP contribution in [0.25, 0.3) is 11.0 Å². The standard InChI is InChI=1S/C18H22FN5O/c1-3-6-13(16(19)4-2)12-24-18-15(7-5-8-22-18)17(23-24)11-21-10-14(25)9-20/h3,5-10,25H,4,11-12,20H2,1-2H3/b6-3-,14-9-,16-13-,21-10?. The first-order chi connectivity index (χ1) is 12.1. The van der Waals surface area contributed by atoms with E-state index in [0.717, 1.165) is 11.6 Å². The Bertz CT molecular complexity index is 848. The maximum atomic E-state index is 14.1. The van der Waals surface area contributed by atoms with E-state index in [1.807, 2.05) is 19.1 Å². The van der Waals surface area contributed by atoms with Crippen molar-refractivity contribution in [3.63, 3.8) is 0 Å². The van der Waals surface area contributed by atoms with Gasteiger partial charge in [0.05, 0.1) is 25.0 Å². The summed E-state index contributed by atoms with van der Waals surface area (Å²) in [4.78, 5) is 8.47. The minimum Gasteiger partial charge on any atom is -0.505 e. The van der Waals surface area contributed by atoms with E-state index < -0.39 is 0 Å². The normalized spacial score (nSPS) is 14.0. The quantitative estimate of drug-likeness (QED) is 0.457. The fraction of sp³-hybridized carbons (Fsp3) is 0.278. The monoisotopic (exact) mass is 343 g/mol. The highest BCUT2D eigenvalue weighted by atomic mass is 19.1. The third-order valence-corrected chi connectivity index (χ3v) is 3.57. The van der Waals surface area contributed by atoms with Gasteiger partial charge in [-0.25, -0.2) is 14.1 Å². The SMILES string of the molecule is C/C=C\C(Cn1nc(CN=C/C(O)=C/N)c2cccnc21)=C(\F)CC. The van der Waals surface area contributed by atoms with Crippen LogP contribution in [0.4, 0.5) is 4.39 Å². The second kappa shape index (κ2) is 8.77. The number of hydrogen-bond acceptors (Lipinski definition) is 5. The smallest absolute Gasteiger partial charge is 0.158 e. The van der Waals surface area contributed by atoms with Crippen molar-refractivity contribution in [2.75, 3.05) is 0 Å². The summed E-state index contributed by atoms with van der Waals surface area (Å²) in [5.41, 5.74) is 7.12. The van der Waals surface area contributed by atoms with Gasteiger partial charge in [0.1, 0.15) is 11.6 Å². The van der Waals surface area contributed by atoms with Gasteiger partial charge < -0.3 is 10.8 Å². The number of rotatable bonds is 7. The van der Waals surface area contributed by atoms with Crippen molar-refractivity contribution in [1.82, 2.24) is 14.8 Å². The molecule has 0 bridgehead atoms. The number of fused-ring (bicyclic) bond motifs is 1. The van der Waals surface area contributed by atoms with Gasteiger partial charge in [0, 0.05) is 23.4 Å². The molecule has 7 heteroatoms. The molecule has 0 fully saturated rings. The summed E-state index contributed by atoms with van der Waals surface area (Å²) < 4.78 is 15.8. The van der Waals surface area contributed by atoms with Crippen molar-refractivity contribution in [3.8, 4) is 0 Å². The average Bonchev–Trinajstić information content (AvgIpc) is 2.98. The van der Waals surface area contributed by atoms with E-state index in [2.05, 4.69) is 15.1 Å². The third-order valence-electron chi connectivity index (χ3n) is 3.57. The van der Waals surface area contributed by atoms with E-state index in [1.165, 1.54) is 6.21 Å². The minimum absolute atomic E-state index is 0.120. The number of halogens is 1. The number of aliphatic imine (C=N–C) groups is 1. The number of aromatic nitrogens is 3. The lowest BCUT2D eigenvalue weighted by Gasteiger charge is -2.06. The maximum Gasteiger partial charge on any atom is 0.158 e. The van der Waals surface area contributed by atoms with Crippen LogP contribution in [0.3, 0.4) is 0 Å². The van der Waals surface area contributed by atoms with Crippen LogP contribution in [0.1, 0.15) is 26.0 Å². The second-order valence-corrected chi connectivity index (χ2v) is 5.32. The lowest BCUT2D eigenvalue weighted by Crippen LogP contribution is -2.04. The third kappa shape index (κ3) is 4.53. The molecule has 6 nitrogen and oxygen atoms in total. The van der Waals surface area contributed by atoms with Crippen molar-refractivity contribution >= 4 is 17.2 Å². The molecule has 2 aromatic rings. The van der Waals surface area contributed by atoms with Gasteiger partial charge in [-0.15, -0.1) is 0 Å². The summed E-state index contributed by atoms with van der Waals surface area (Å²) in [6, 6.07) is 3.71. The van der Waals surface area contributed by atoms with Gasteiger partial charge in [-0.2, -0.15) is 5.10 Å². The van der Waals surface area contributed by atoms with Crippen molar-refractivity contribution in [1.29, 1.82) is 0 Å². The van der Waals surface area contributed by atoms with E-state index in [1.54, 1.807) is 30.0 Å². The molecule has 0 unspecified atom stereocenters. The highest BCUT2D eigenvalue weighted by Gasteiger charge is 2.13. The molecule has 0 saturated heterocycles. The predicted molar refractivity (Wildman–Crippen MR) is 97.9 cm³/mol. The summed E-state index contributed by atoms with van der Waals surface area (Å²) in [5, 5.41) is 14.7. The molecule has 0 aliphatic rings. The molecule has 132 valence electrons. The minimum atomic E-state index is -0.171. The van der Waals surface area contributed by atoms with Crippen LogP contribution in [0.5, 0.6) is 0 Å². The lowest BCUT2D eigenvalue weighted by atomic mass is 10.2. The number of pyridine rings is 1. The molecule has 0 spiro atoms. The van der Waals surface area contributed by atoms with Gasteiger partial charge in [-0.1, -0.05) is 19.1 Å². The van der Waals surface area contributed by atoms with E-state index in [4.69, 9.17) is 5.73 Å². The molecule has 3 N–H and O–H groups in total. The molecule has 0 radical (unpaired) electrons. The molecule has 2 heterocycles. The number of nitrogens with two attached hydrogens (primary N) is 1. The van der Waals surface area contributed by atoms with Crippen LogP contribution in [-0.4, -0.2) is 26.1 Å². The van der Waals surface area contributed by atoms with Crippen LogP contribution in [0.2, 0.25) is 0 Å². The Morgan fingerprint density at radius 2 is 2.28 bits per heavy atom. The molecule has 0 aliphatic heterocycles. The molecule has 0 aromatic carbocycles. The summed E-state index contributed by atoms with van der Waals surface area (Å²) in [6.45, 7) is 4.16. The van der Waals surface area contributed by atoms with E-state index in [-0.39, 0.29) is 24.7 Å². The van der Waals surface area contributed by atoms with Gasteiger partial charge in [0.25, 0.3) is 0 Å². The first-order valence-electron chi connectivity index (χ1n) is 8.02. The molecule has 0 atom stereocenters. The fourth-order valence-electron chi connectivity index (χ4n) is 2.39. The van der Waals surface area contributed by atoms with Crippen molar-refractivity contribution in [3.05, 3.63) is 59.5 Å². The topological polar surface area (TPSA) is 89.3 Å². The number of aliphatic hydroxyl groups is 1. The van der Waals surface area contributed by atoms with Crippen molar-refractivity contribution < 1.29 is 9.50 Å². The molecule has 0 amide bonds. The zero-order chi connectivity index (χ0) is 18.2. The Morgan fingerprint density at radius 1 is 1.48 bits per heavy atom. The Labute approximate surface area is 145 Å². The van der Waals surface area contributed by atoms with Crippen molar-refractivity contribution in [2.24, 2.45) is 10.7 Å². The summed E-state index contributed by atoms with van der Waals surface area (Å²) in [6.07, 6.45) is 7.88. The van der Waals surface area contributed by atoms with Crippen LogP contribution in [0.15, 0.2) is 58.8 Å². The van der Waals surface area contributed by atoms with Crippen LogP contribution in [0, 0.1) is 0 Å². The molecule has 0 aliphatic carbocycles. The largest absolute Gasteiger partial charge is 0.505 e. The summed E-state index contributed by atoms with van der Waals surface area (Å²) >= 11 is 0. The number of allylic oxidation sites excluding steroid dienone is 5. The molecule has 2 aromatic heterocycles. The Hall–Kier alpha value is -2.96. The van der Waals surface area contributed by atoms with Gasteiger partial charge in [0.2, 0.25) is 0 Å². The molecular weight excluding hydrogens is 321 g/mol. The molecule has 2 rings (SSSR count). The zero-order valence-electron chi connectivity index (χ0n) is 14.4. The fourth-order valence-corrected chi connectivity index (χ4v) is 2.39. The number of nitrogens with zero attached hydrogens (tertiary/aromatic N) is 4. The van der Waals surface area contributed by atoms with Crippen LogP contribution in [-0.2, 0) is 13.1 Å². The van der Waals surface area contributed by atoms with E-state index in [9.17, 15) is 9.50 Å². The summed E-state index contributed by atoms with van der Waals surface area (Å²) in [5.74, 6) is -0.291. The zero-order valence-corrected chi connectivity index (χ0v) is 14.4. The van der Waals surface area contributed by atoms with E-state index >= 15 is 0 Å². The first-order valence-corrected chi connectivity index (χ1v) is 8.02. The Morgan fingerprint density at radius 3 is 2.96 bits per heavy atom. The van der Waals surface area contributed by atoms with Crippen LogP contribution >= 0.6 is 0 Å². The lowest BCUT2D eigenvalue weighted by molar-refractivity contribution is 0.444. The molecule has 25 heavy (non-hydrogen) atoms. The Kier molecular flexibility index (Phi) is 6.45. The van der Waals surface area contributed by atoms with Gasteiger partial charge in [-0.05, 0) is 25.5 Å². The van der Waals surface area contributed by atoms with Crippen molar-refractivity contribution in [2.45, 2.75) is 33.4 Å². The second-order valence-electron chi connectivity index (χ2n) is 5.32. The number of aliphatic hydroxyl groups excluding tert-OH is 1. The first kappa shape index (κ1) is 18.4. The molecular formula is C18H22FN5O. The Balaban J connectivity index is 2.40. The van der Waals surface area contributed by atoms with E-state index in [0.29, 0.717) is 23.3 Å². The predicted octanol–water partition coefficient (Wildman–Crippen LogP) is 3.57. The van der Waals surface area contributed by atoms with Gasteiger partial charge >= 0.3 is 0 Å². The van der Waals surface area contributed by atoms with Gasteiger partial charge in [-0.3, -0.25) is 4.99 Å².